The van der Waals surface area contributed by atoms with Gasteiger partial charge in [-0.05, 0) is 81.9 Å². The van der Waals surface area contributed by atoms with Crippen molar-refractivity contribution in [1.29, 1.82) is 0 Å². The molecule has 55 heavy (non-hydrogen) atoms. The van der Waals surface area contributed by atoms with Gasteiger partial charge < -0.3 is 4.57 Å². The average molecular weight is 706 g/mol. The van der Waals surface area contributed by atoms with Crippen LogP contribution in [0.2, 0.25) is 0 Å². The van der Waals surface area contributed by atoms with Crippen molar-refractivity contribution in [2.24, 2.45) is 0 Å². The van der Waals surface area contributed by atoms with E-state index >= 15 is 0 Å². The molecule has 3 heteroatoms. The van der Waals surface area contributed by atoms with Crippen LogP contribution in [-0.2, 0) is 0 Å². The summed E-state index contributed by atoms with van der Waals surface area (Å²) in [6.45, 7) is 4.00. The first-order chi connectivity index (χ1) is 27.3. The van der Waals surface area contributed by atoms with E-state index in [0.29, 0.717) is 5.82 Å². The van der Waals surface area contributed by atoms with Crippen molar-refractivity contribution in [3.05, 3.63) is 200 Å². The second kappa shape index (κ2) is 14.7. The summed E-state index contributed by atoms with van der Waals surface area (Å²) in [5.41, 5.74) is 14.5. The molecule has 0 bridgehead atoms. The Kier molecular flexibility index (Phi) is 9.03. The number of aromatic nitrogens is 3. The van der Waals surface area contributed by atoms with E-state index in [1.165, 1.54) is 38.5 Å². The lowest BCUT2D eigenvalue weighted by Crippen LogP contribution is -1.96. The topological polar surface area (TPSA) is 30.7 Å². The highest BCUT2D eigenvalue weighted by Crippen LogP contribution is 2.37. The Morgan fingerprint density at radius 1 is 0.327 bits per heavy atom. The van der Waals surface area contributed by atoms with Crippen molar-refractivity contribution in [1.82, 2.24) is 14.5 Å². The van der Waals surface area contributed by atoms with Gasteiger partial charge in [0.25, 0.3) is 0 Å². The summed E-state index contributed by atoms with van der Waals surface area (Å²) in [6.07, 6.45) is 0. The van der Waals surface area contributed by atoms with E-state index in [4.69, 9.17) is 9.97 Å². The number of nitrogens with zero attached hydrogens (tertiary/aromatic N) is 3. The van der Waals surface area contributed by atoms with Crippen LogP contribution in [0.4, 0.5) is 0 Å². The molecule has 0 spiro atoms. The van der Waals surface area contributed by atoms with Gasteiger partial charge in [-0.3, -0.25) is 0 Å². The number of fused-ring (bicyclic) bond motifs is 4. The zero-order chi connectivity index (χ0) is 37.1. The van der Waals surface area contributed by atoms with Gasteiger partial charge in [-0.2, -0.15) is 0 Å². The maximum Gasteiger partial charge on any atom is 0.160 e. The summed E-state index contributed by atoms with van der Waals surface area (Å²) >= 11 is 0. The second-order valence-corrected chi connectivity index (χ2v) is 13.4. The summed E-state index contributed by atoms with van der Waals surface area (Å²) in [5.74, 6) is 0.712. The minimum absolute atomic E-state index is 0.712. The maximum atomic E-state index is 5.25. The third-order valence-corrected chi connectivity index (χ3v) is 10.2. The molecule has 262 valence electrons. The Morgan fingerprint density at radius 2 is 0.818 bits per heavy atom. The number of rotatable bonds is 6. The molecule has 0 unspecified atom stereocenters. The van der Waals surface area contributed by atoms with Crippen molar-refractivity contribution < 1.29 is 0 Å². The SMILES string of the molecule is CC.c1ccc(-c2cccc(-c3ccc(-c4nc(-c5ccccc5)c5cc(-c6ccc7c(c6)c6ccccc6n7-c6ccccc6)ccc5n4)cc3)c2)cc1. The number of hydrogen-bond acceptors (Lipinski definition) is 2. The molecule has 0 aliphatic rings. The fourth-order valence-corrected chi connectivity index (χ4v) is 7.58. The van der Waals surface area contributed by atoms with E-state index in [1.807, 2.05) is 19.9 Å². The molecule has 2 aromatic heterocycles. The van der Waals surface area contributed by atoms with Gasteiger partial charge in [-0.15, -0.1) is 0 Å². The van der Waals surface area contributed by atoms with E-state index in [0.717, 1.165) is 50.1 Å². The largest absolute Gasteiger partial charge is 0.309 e. The second-order valence-electron chi connectivity index (χ2n) is 13.4. The van der Waals surface area contributed by atoms with Crippen molar-refractivity contribution in [3.8, 4) is 61.7 Å². The molecular formula is C52H39N3. The quantitative estimate of drug-likeness (QED) is 0.172. The molecule has 0 radical (unpaired) electrons. The van der Waals surface area contributed by atoms with Gasteiger partial charge >= 0.3 is 0 Å². The summed E-state index contributed by atoms with van der Waals surface area (Å²) in [7, 11) is 0. The smallest absolute Gasteiger partial charge is 0.160 e. The highest BCUT2D eigenvalue weighted by Gasteiger charge is 2.16. The summed E-state index contributed by atoms with van der Waals surface area (Å²) < 4.78 is 2.35. The van der Waals surface area contributed by atoms with Gasteiger partial charge in [0.1, 0.15) is 0 Å². The van der Waals surface area contributed by atoms with Crippen molar-refractivity contribution in [3.63, 3.8) is 0 Å². The predicted octanol–water partition coefficient (Wildman–Crippen LogP) is 14.1. The molecule has 8 aromatic carbocycles. The highest BCUT2D eigenvalue weighted by atomic mass is 15.0. The summed E-state index contributed by atoms with van der Waals surface area (Å²) in [5, 5.41) is 3.49. The Balaban J connectivity index is 0.00000195. The lowest BCUT2D eigenvalue weighted by atomic mass is 9.97. The molecular weight excluding hydrogens is 667 g/mol. The van der Waals surface area contributed by atoms with Crippen LogP contribution in [0.25, 0.3) is 94.4 Å². The van der Waals surface area contributed by atoms with Gasteiger partial charge in [-0.25, -0.2) is 9.97 Å². The lowest BCUT2D eigenvalue weighted by molar-refractivity contribution is 1.18. The first-order valence-corrected chi connectivity index (χ1v) is 19.0. The van der Waals surface area contributed by atoms with Crippen LogP contribution >= 0.6 is 0 Å². The molecule has 0 N–H and O–H groups in total. The van der Waals surface area contributed by atoms with Crippen LogP contribution in [0, 0.1) is 0 Å². The normalized spacial score (nSPS) is 11.1. The number of benzene rings is 8. The van der Waals surface area contributed by atoms with Crippen LogP contribution in [-0.4, -0.2) is 14.5 Å². The van der Waals surface area contributed by atoms with Gasteiger partial charge in [0.2, 0.25) is 0 Å². The molecule has 2 heterocycles. The van der Waals surface area contributed by atoms with Crippen LogP contribution < -0.4 is 0 Å². The molecule has 0 fully saturated rings. The van der Waals surface area contributed by atoms with E-state index in [9.17, 15) is 0 Å². The summed E-state index contributed by atoms with van der Waals surface area (Å²) in [4.78, 5) is 10.4. The molecule has 3 nitrogen and oxygen atoms in total. The zero-order valence-corrected chi connectivity index (χ0v) is 30.9. The van der Waals surface area contributed by atoms with Crippen LogP contribution in [0.15, 0.2) is 200 Å². The van der Waals surface area contributed by atoms with Gasteiger partial charge in [-0.1, -0.05) is 166 Å². The van der Waals surface area contributed by atoms with Crippen molar-refractivity contribution in [2.45, 2.75) is 13.8 Å². The standard InChI is InChI=1S/C50H33N3.C2H6/c1-4-13-34(14-5-1)38-17-12-18-39(31-38)35-23-25-37(26-24-35)50-51-46-29-27-40(33-45(46)49(52-50)36-15-6-2-7-16-36)41-28-30-48-44(32-41)43-21-10-11-22-47(43)53(48)42-19-8-3-9-20-42;1-2/h1-33H;1-2H3. The van der Waals surface area contributed by atoms with Gasteiger partial charge in [0, 0.05) is 33.0 Å². The van der Waals surface area contributed by atoms with Crippen LogP contribution in [0.3, 0.4) is 0 Å². The van der Waals surface area contributed by atoms with Crippen LogP contribution in [0.5, 0.6) is 0 Å². The Labute approximate surface area is 321 Å². The third-order valence-electron chi connectivity index (χ3n) is 10.2. The molecule has 0 amide bonds. The van der Waals surface area contributed by atoms with E-state index in [1.54, 1.807) is 0 Å². The lowest BCUT2D eigenvalue weighted by Gasteiger charge is -2.12. The highest BCUT2D eigenvalue weighted by molar-refractivity contribution is 6.10. The Hall–Kier alpha value is -7.10. The van der Waals surface area contributed by atoms with Gasteiger partial charge in [0.05, 0.1) is 22.2 Å². The van der Waals surface area contributed by atoms with Crippen LogP contribution in [0.1, 0.15) is 13.8 Å². The zero-order valence-electron chi connectivity index (χ0n) is 30.9. The monoisotopic (exact) mass is 705 g/mol. The fraction of sp³-hybridized carbons (Fsp3) is 0.0385. The van der Waals surface area contributed by atoms with Crippen molar-refractivity contribution in [2.75, 3.05) is 0 Å². The van der Waals surface area contributed by atoms with Crippen molar-refractivity contribution >= 4 is 32.7 Å². The number of hydrogen-bond donors (Lipinski definition) is 0. The molecule has 0 aliphatic heterocycles. The number of para-hydroxylation sites is 2. The Bertz CT molecular complexity index is 2910. The minimum Gasteiger partial charge on any atom is -0.309 e. The molecule has 0 saturated heterocycles. The van der Waals surface area contributed by atoms with E-state index < -0.39 is 0 Å². The molecule has 10 aromatic rings. The van der Waals surface area contributed by atoms with E-state index in [2.05, 4.69) is 199 Å². The molecule has 10 rings (SSSR count). The van der Waals surface area contributed by atoms with E-state index in [-0.39, 0.29) is 0 Å². The van der Waals surface area contributed by atoms with Gasteiger partial charge in [0.15, 0.2) is 5.82 Å². The fourth-order valence-electron chi connectivity index (χ4n) is 7.58. The molecule has 0 atom stereocenters. The molecule has 0 saturated carbocycles. The summed E-state index contributed by atoms with van der Waals surface area (Å²) in [6, 6.07) is 70.9. The minimum atomic E-state index is 0.712. The predicted molar refractivity (Wildman–Crippen MR) is 232 cm³/mol. The Morgan fingerprint density at radius 3 is 1.53 bits per heavy atom. The first kappa shape index (κ1) is 33.7. The third kappa shape index (κ3) is 6.36. The maximum absolute atomic E-state index is 5.25. The molecule has 0 aliphatic carbocycles. The first-order valence-electron chi connectivity index (χ1n) is 19.0. The average Bonchev–Trinajstić information content (AvgIpc) is 3.61.